The summed E-state index contributed by atoms with van der Waals surface area (Å²) < 4.78 is 25.4. The smallest absolute Gasteiger partial charge is 0.303 e. The van der Waals surface area contributed by atoms with E-state index >= 15 is 0 Å². The monoisotopic (exact) mass is 226 g/mol. The summed E-state index contributed by atoms with van der Waals surface area (Å²) in [4.78, 5) is 29.6. The first-order valence-corrected chi connectivity index (χ1v) is 5.06. The van der Waals surface area contributed by atoms with Gasteiger partial charge in [-0.1, -0.05) is 0 Å². The maximum atomic E-state index is 9.81. The van der Waals surface area contributed by atoms with Crippen LogP contribution in [0.1, 0.15) is 0 Å². The van der Waals surface area contributed by atoms with Crippen LogP contribution >= 0.6 is 15.6 Å². The van der Waals surface area contributed by atoms with Crippen LogP contribution in [0.25, 0.3) is 0 Å². The van der Waals surface area contributed by atoms with E-state index < -0.39 is 15.6 Å². The quantitative estimate of drug-likeness (QED) is 0.225. The zero-order chi connectivity index (χ0) is 10.4. The number of nitrogens with two attached hydrogens (primary N) is 2. The van der Waals surface area contributed by atoms with E-state index in [1.807, 2.05) is 0 Å². The van der Waals surface area contributed by atoms with E-state index in [0.717, 1.165) is 0 Å². The second-order valence-electron chi connectivity index (χ2n) is 1.19. The Labute approximate surface area is 66.5 Å². The molecule has 0 saturated heterocycles. The minimum absolute atomic E-state index is 3.35. The molecule has 0 aromatic rings. The highest BCUT2D eigenvalue weighted by atomic mass is 31.2. The lowest BCUT2D eigenvalue weighted by Crippen LogP contribution is -2.03. The molecule has 10 nitrogen and oxygen atoms in total. The molecule has 8 N–H and O–H groups in total. The van der Waals surface area contributed by atoms with E-state index in [1.54, 1.807) is 0 Å². The van der Waals surface area contributed by atoms with Gasteiger partial charge in [-0.3, -0.25) is 0 Å². The fourth-order valence-electron chi connectivity index (χ4n) is 0.0248. The first-order valence-electron chi connectivity index (χ1n) is 2.00. The van der Waals surface area contributed by atoms with Gasteiger partial charge in [0.05, 0.1) is 0 Å². The van der Waals surface area contributed by atoms with Crippen LogP contribution in [0.5, 0.6) is 0 Å². The van der Waals surface area contributed by atoms with Crippen molar-refractivity contribution >= 4 is 15.6 Å². The summed E-state index contributed by atoms with van der Waals surface area (Å²) in [7, 11) is -8.74. The van der Waals surface area contributed by atoms with Crippen LogP contribution in [0.4, 0.5) is 0 Å². The Hall–Kier alpha value is 0.140. The average Bonchev–Trinajstić information content (AvgIpc) is 1.85. The van der Waals surface area contributed by atoms with Crippen LogP contribution in [0.15, 0.2) is 0 Å². The normalized spacial score (nSPS) is 11.8. The van der Waals surface area contributed by atoms with E-state index in [9.17, 15) is 4.57 Å². The van der Waals surface area contributed by atoms with Gasteiger partial charge in [-0.2, -0.15) is 9.25 Å². The van der Waals surface area contributed by atoms with Gasteiger partial charge in [0, 0.05) is 0 Å². The molecular weight excluding hydrogens is 218 g/mol. The van der Waals surface area contributed by atoms with Crippen molar-refractivity contribution in [2.24, 2.45) is 11.8 Å². The van der Waals surface area contributed by atoms with E-state index in [-0.39, 0.29) is 0 Å². The second kappa shape index (κ2) is 5.73. The first kappa shape index (κ1) is 14.7. The lowest BCUT2D eigenvalue weighted by molar-refractivity contribution is 0.153. The average molecular weight is 226 g/mol. The Morgan fingerprint density at radius 1 is 0.917 bits per heavy atom. The van der Waals surface area contributed by atoms with Crippen molar-refractivity contribution in [3.05, 3.63) is 0 Å². The van der Waals surface area contributed by atoms with Gasteiger partial charge in [-0.05, 0) is 0 Å². The number of phosphoric acid groups is 2. The van der Waals surface area contributed by atoms with Crippen molar-refractivity contribution in [1.29, 1.82) is 0 Å². The van der Waals surface area contributed by atoms with Gasteiger partial charge in [-0.15, -0.1) is 0 Å². The zero-order valence-corrected chi connectivity index (χ0v) is 7.26. The second-order valence-corrected chi connectivity index (χ2v) is 3.58. The van der Waals surface area contributed by atoms with Gasteiger partial charge in [0.2, 0.25) is 0 Å². The summed E-state index contributed by atoms with van der Waals surface area (Å²) in [5.74, 6) is 8.40. The molecular formula is H8N2O8P2. The molecule has 0 bridgehead atoms. The van der Waals surface area contributed by atoms with Crippen molar-refractivity contribution < 1.29 is 38.0 Å². The van der Waals surface area contributed by atoms with Crippen molar-refractivity contribution in [3.8, 4) is 0 Å². The Morgan fingerprint density at radius 3 is 1.08 bits per heavy atom. The summed E-state index contributed by atoms with van der Waals surface area (Å²) in [6, 6.07) is 0. The minimum Gasteiger partial charge on any atom is -0.303 e. The standard InChI is InChI=1S/H5N2O4P.H3O4P/c1-5-7(3,4)6-2;1-5(2,3)4/h1-2H2,(H,3,4);(H3,1,2,3,4). The van der Waals surface area contributed by atoms with Crippen LogP contribution < -0.4 is 11.8 Å². The minimum atomic E-state index is -4.64. The highest BCUT2D eigenvalue weighted by Gasteiger charge is 2.16. The van der Waals surface area contributed by atoms with Crippen LogP contribution in [-0.2, 0) is 18.4 Å². The predicted molar refractivity (Wildman–Crippen MR) is 34.6 cm³/mol. The molecule has 0 rings (SSSR count). The molecule has 0 amide bonds. The predicted octanol–water partition coefficient (Wildman–Crippen LogP) is -2.06. The van der Waals surface area contributed by atoms with Crippen molar-refractivity contribution in [1.82, 2.24) is 0 Å². The van der Waals surface area contributed by atoms with E-state index in [2.05, 4.69) is 21.0 Å². The van der Waals surface area contributed by atoms with Gasteiger partial charge in [-0.25, -0.2) is 20.9 Å². The van der Waals surface area contributed by atoms with Gasteiger partial charge < -0.3 is 19.6 Å². The molecule has 0 radical (unpaired) electrons. The SMILES string of the molecule is NOP(=O)(O)ON.O=P(O)(O)O. The lowest BCUT2D eigenvalue weighted by atomic mass is 13.6. The van der Waals surface area contributed by atoms with Gasteiger partial charge >= 0.3 is 15.6 Å². The summed E-state index contributed by atoms with van der Waals surface area (Å²) in [5, 5.41) is 0. The van der Waals surface area contributed by atoms with Gasteiger partial charge in [0.1, 0.15) is 0 Å². The first-order chi connectivity index (χ1) is 5.12. The Balaban J connectivity index is 0. The Bertz CT molecular complexity index is 177. The number of hydrogen-bond acceptors (Lipinski definition) is 6. The van der Waals surface area contributed by atoms with Crippen LogP contribution in [-0.4, -0.2) is 19.6 Å². The molecule has 12 heavy (non-hydrogen) atoms. The third-order valence-electron chi connectivity index (χ3n) is 0.266. The van der Waals surface area contributed by atoms with Gasteiger partial charge in [0.25, 0.3) is 0 Å². The Kier molecular flexibility index (Phi) is 7.00. The van der Waals surface area contributed by atoms with Crippen molar-refractivity contribution in [2.45, 2.75) is 0 Å². The van der Waals surface area contributed by atoms with Crippen LogP contribution in [0, 0.1) is 0 Å². The topological polar surface area (TPSA) is 186 Å². The molecule has 0 heterocycles. The van der Waals surface area contributed by atoms with E-state index in [4.69, 9.17) is 24.1 Å². The molecule has 0 fully saturated rings. The summed E-state index contributed by atoms with van der Waals surface area (Å²) in [6.45, 7) is 0. The maximum Gasteiger partial charge on any atom is 0.504 e. The molecule has 0 spiro atoms. The molecule has 12 heteroatoms. The summed E-state index contributed by atoms with van der Waals surface area (Å²) in [6.07, 6.45) is 0. The van der Waals surface area contributed by atoms with Gasteiger partial charge in [0.15, 0.2) is 0 Å². The summed E-state index contributed by atoms with van der Waals surface area (Å²) >= 11 is 0. The molecule has 0 saturated carbocycles. The molecule has 0 aliphatic heterocycles. The fourth-order valence-corrected chi connectivity index (χ4v) is 0.0745. The Morgan fingerprint density at radius 2 is 1.08 bits per heavy atom. The highest BCUT2D eigenvalue weighted by Crippen LogP contribution is 2.37. The number of rotatable bonds is 2. The molecule has 0 unspecified atom stereocenters. The van der Waals surface area contributed by atoms with Crippen LogP contribution in [0.2, 0.25) is 0 Å². The maximum absolute atomic E-state index is 9.81. The molecule has 0 aliphatic rings. The zero-order valence-electron chi connectivity index (χ0n) is 5.47. The number of hydrogen-bond donors (Lipinski definition) is 6. The lowest BCUT2D eigenvalue weighted by Gasteiger charge is -1.99. The molecule has 0 aromatic carbocycles. The molecule has 0 aliphatic carbocycles. The fraction of sp³-hybridized carbons (Fsp3) is 0. The third-order valence-corrected chi connectivity index (χ3v) is 0.799. The van der Waals surface area contributed by atoms with Crippen molar-refractivity contribution in [2.75, 3.05) is 0 Å². The largest absolute Gasteiger partial charge is 0.504 e. The highest BCUT2D eigenvalue weighted by molar-refractivity contribution is 7.47. The van der Waals surface area contributed by atoms with E-state index in [1.165, 1.54) is 0 Å². The van der Waals surface area contributed by atoms with E-state index in [0.29, 0.717) is 0 Å². The third kappa shape index (κ3) is 22.5. The van der Waals surface area contributed by atoms with Crippen LogP contribution in [0.3, 0.4) is 0 Å². The molecule has 76 valence electrons. The summed E-state index contributed by atoms with van der Waals surface area (Å²) in [5.41, 5.74) is 0. The molecule has 0 atom stereocenters. The molecule has 0 aromatic heterocycles. The van der Waals surface area contributed by atoms with Crippen molar-refractivity contribution in [3.63, 3.8) is 0 Å².